The highest BCUT2D eigenvalue weighted by Crippen LogP contribution is 2.10. The van der Waals surface area contributed by atoms with Crippen LogP contribution < -0.4 is 9.47 Å². The van der Waals surface area contributed by atoms with E-state index in [4.69, 9.17) is 18.9 Å². The maximum atomic E-state index is 11.5. The maximum Gasteiger partial charge on any atom is 0.513 e. The number of carbonyl (C=O) groups excluding carboxylic acids is 2. The molecule has 6 nitrogen and oxygen atoms in total. The van der Waals surface area contributed by atoms with Gasteiger partial charge >= 0.3 is 12.3 Å². The summed E-state index contributed by atoms with van der Waals surface area (Å²) >= 11 is 0. The quantitative estimate of drug-likeness (QED) is 0.358. The lowest BCUT2D eigenvalue weighted by atomic mass is 10.2. The van der Waals surface area contributed by atoms with Crippen LogP contribution in [0.15, 0.2) is 60.7 Å². The smallest absolute Gasteiger partial charge is 0.434 e. The Labute approximate surface area is 152 Å². The Balaban J connectivity index is 1.43. The maximum absolute atomic E-state index is 11.5. The van der Waals surface area contributed by atoms with Gasteiger partial charge in [0.25, 0.3) is 0 Å². The molecular weight excluding hydrogens is 336 g/mol. The van der Waals surface area contributed by atoms with Crippen molar-refractivity contribution < 1.29 is 28.5 Å². The largest absolute Gasteiger partial charge is 0.513 e. The molecule has 0 amide bonds. The van der Waals surface area contributed by atoms with Gasteiger partial charge in [-0.2, -0.15) is 0 Å². The fourth-order valence-corrected chi connectivity index (χ4v) is 2.10. The van der Waals surface area contributed by atoms with Gasteiger partial charge in [0.05, 0.1) is 13.2 Å². The summed E-state index contributed by atoms with van der Waals surface area (Å²) in [6.07, 6.45) is 1.74. The summed E-state index contributed by atoms with van der Waals surface area (Å²) in [5.41, 5.74) is 0. The van der Waals surface area contributed by atoms with E-state index >= 15 is 0 Å². The third-order valence-electron chi connectivity index (χ3n) is 3.37. The number of rotatable bonds is 9. The summed E-state index contributed by atoms with van der Waals surface area (Å²) in [7, 11) is 0. The molecule has 0 aromatic heterocycles. The van der Waals surface area contributed by atoms with E-state index in [0.29, 0.717) is 24.7 Å². The lowest BCUT2D eigenvalue weighted by Gasteiger charge is -2.07. The number of hydrogen-bond acceptors (Lipinski definition) is 6. The van der Waals surface area contributed by atoms with Crippen LogP contribution in [0.3, 0.4) is 0 Å². The minimum absolute atomic E-state index is 0.294. The Bertz CT molecular complexity index is 597. The number of carbonyl (C=O) groups is 2. The minimum atomic E-state index is -0.705. The van der Waals surface area contributed by atoms with Crippen molar-refractivity contribution in [2.75, 3.05) is 13.2 Å². The predicted octanol–water partition coefficient (Wildman–Crippen LogP) is 4.98. The standard InChI is InChI=1S/C20H22O6/c21-19(25-17-11-5-3-6-12-17)23-15-9-1-2-10-16-24-20(22)26-18-13-7-4-8-14-18/h3-8,11-14H,1-2,9-10,15-16H2. The van der Waals surface area contributed by atoms with Gasteiger partial charge in [-0.3, -0.25) is 0 Å². The van der Waals surface area contributed by atoms with Gasteiger partial charge in [-0.05, 0) is 49.9 Å². The number of ether oxygens (including phenoxy) is 4. The zero-order valence-electron chi connectivity index (χ0n) is 14.5. The molecule has 0 saturated carbocycles. The van der Waals surface area contributed by atoms with E-state index in [1.165, 1.54) is 0 Å². The minimum Gasteiger partial charge on any atom is -0.434 e. The zero-order chi connectivity index (χ0) is 18.5. The summed E-state index contributed by atoms with van der Waals surface area (Å²) in [6, 6.07) is 17.5. The topological polar surface area (TPSA) is 71.1 Å². The summed E-state index contributed by atoms with van der Waals surface area (Å²) in [6.45, 7) is 0.588. The first kappa shape index (κ1) is 19.3. The lowest BCUT2D eigenvalue weighted by Crippen LogP contribution is -2.12. The molecule has 0 spiro atoms. The van der Waals surface area contributed by atoms with Crippen LogP contribution in [0.1, 0.15) is 25.7 Å². The molecular formula is C20H22O6. The van der Waals surface area contributed by atoms with Crippen LogP contribution >= 0.6 is 0 Å². The SMILES string of the molecule is O=C(OCCCCCCOC(=O)Oc1ccccc1)Oc1ccccc1. The van der Waals surface area contributed by atoms with Crippen LogP contribution in [0.25, 0.3) is 0 Å². The number of benzene rings is 2. The lowest BCUT2D eigenvalue weighted by molar-refractivity contribution is 0.0927. The van der Waals surface area contributed by atoms with E-state index in [9.17, 15) is 9.59 Å². The summed E-state index contributed by atoms with van der Waals surface area (Å²) in [5.74, 6) is 0.911. The molecule has 2 rings (SSSR count). The molecule has 0 aliphatic heterocycles. The Morgan fingerprint density at radius 2 is 0.962 bits per heavy atom. The number of unbranched alkanes of at least 4 members (excludes halogenated alkanes) is 3. The van der Waals surface area contributed by atoms with E-state index in [-0.39, 0.29) is 0 Å². The van der Waals surface area contributed by atoms with Crippen molar-refractivity contribution in [3.63, 3.8) is 0 Å². The van der Waals surface area contributed by atoms with Crippen molar-refractivity contribution in [1.29, 1.82) is 0 Å². The van der Waals surface area contributed by atoms with E-state index in [2.05, 4.69) is 0 Å². The molecule has 0 saturated heterocycles. The fourth-order valence-electron chi connectivity index (χ4n) is 2.10. The Morgan fingerprint density at radius 1 is 0.577 bits per heavy atom. The molecule has 2 aromatic rings. The number of para-hydroxylation sites is 2. The van der Waals surface area contributed by atoms with Crippen molar-refractivity contribution >= 4 is 12.3 Å². The molecule has 138 valence electrons. The van der Waals surface area contributed by atoms with E-state index in [0.717, 1.165) is 25.7 Å². The molecule has 0 radical (unpaired) electrons. The third kappa shape index (κ3) is 8.19. The van der Waals surface area contributed by atoms with Gasteiger partial charge in [0, 0.05) is 0 Å². The molecule has 6 heteroatoms. The molecule has 0 heterocycles. The monoisotopic (exact) mass is 358 g/mol. The second-order valence-electron chi connectivity index (χ2n) is 5.44. The first-order chi connectivity index (χ1) is 12.7. The molecule has 26 heavy (non-hydrogen) atoms. The molecule has 0 unspecified atom stereocenters. The predicted molar refractivity (Wildman–Crippen MR) is 95.3 cm³/mol. The van der Waals surface area contributed by atoms with Crippen molar-refractivity contribution in [1.82, 2.24) is 0 Å². The molecule has 0 atom stereocenters. The Morgan fingerprint density at radius 3 is 1.35 bits per heavy atom. The Kier molecular flexibility index (Phi) is 8.55. The summed E-state index contributed by atoms with van der Waals surface area (Å²) < 4.78 is 20.0. The first-order valence-electron chi connectivity index (χ1n) is 8.53. The van der Waals surface area contributed by atoms with Crippen LogP contribution in [0.2, 0.25) is 0 Å². The van der Waals surface area contributed by atoms with Gasteiger partial charge in [-0.1, -0.05) is 36.4 Å². The highest BCUT2D eigenvalue weighted by Gasteiger charge is 2.06. The summed E-state index contributed by atoms with van der Waals surface area (Å²) in [5, 5.41) is 0. The normalized spacial score (nSPS) is 10.0. The van der Waals surface area contributed by atoms with Crippen LogP contribution in [0, 0.1) is 0 Å². The van der Waals surface area contributed by atoms with E-state index < -0.39 is 12.3 Å². The number of hydrogen-bond donors (Lipinski definition) is 0. The van der Waals surface area contributed by atoms with Crippen LogP contribution in [0.4, 0.5) is 9.59 Å². The van der Waals surface area contributed by atoms with Crippen molar-refractivity contribution in [2.45, 2.75) is 25.7 Å². The summed E-state index contributed by atoms with van der Waals surface area (Å²) in [4.78, 5) is 22.9. The molecule has 0 bridgehead atoms. The van der Waals surface area contributed by atoms with Gasteiger partial charge in [-0.25, -0.2) is 9.59 Å². The van der Waals surface area contributed by atoms with Crippen LogP contribution in [-0.2, 0) is 9.47 Å². The van der Waals surface area contributed by atoms with Gasteiger partial charge in [0.15, 0.2) is 0 Å². The fraction of sp³-hybridized carbons (Fsp3) is 0.300. The average Bonchev–Trinajstić information content (AvgIpc) is 2.65. The zero-order valence-corrected chi connectivity index (χ0v) is 14.5. The molecule has 0 aliphatic carbocycles. The van der Waals surface area contributed by atoms with Crippen LogP contribution in [-0.4, -0.2) is 25.5 Å². The van der Waals surface area contributed by atoms with Gasteiger partial charge in [0.1, 0.15) is 11.5 Å². The first-order valence-corrected chi connectivity index (χ1v) is 8.53. The molecule has 0 aliphatic rings. The van der Waals surface area contributed by atoms with Crippen molar-refractivity contribution in [2.24, 2.45) is 0 Å². The Hall–Kier alpha value is -3.02. The second-order valence-corrected chi connectivity index (χ2v) is 5.44. The van der Waals surface area contributed by atoms with E-state index in [1.54, 1.807) is 48.5 Å². The highest BCUT2D eigenvalue weighted by atomic mass is 16.7. The molecule has 0 fully saturated rings. The van der Waals surface area contributed by atoms with E-state index in [1.807, 2.05) is 12.1 Å². The van der Waals surface area contributed by atoms with Gasteiger partial charge in [0.2, 0.25) is 0 Å². The molecule has 0 N–H and O–H groups in total. The third-order valence-corrected chi connectivity index (χ3v) is 3.37. The molecule has 2 aromatic carbocycles. The van der Waals surface area contributed by atoms with Crippen LogP contribution in [0.5, 0.6) is 11.5 Å². The van der Waals surface area contributed by atoms with Crippen molar-refractivity contribution in [3.8, 4) is 11.5 Å². The van der Waals surface area contributed by atoms with Gasteiger partial charge in [-0.15, -0.1) is 0 Å². The highest BCUT2D eigenvalue weighted by molar-refractivity contribution is 5.64. The van der Waals surface area contributed by atoms with Gasteiger partial charge < -0.3 is 18.9 Å². The average molecular weight is 358 g/mol. The van der Waals surface area contributed by atoms with Crippen molar-refractivity contribution in [3.05, 3.63) is 60.7 Å². The second kappa shape index (κ2) is 11.5.